The van der Waals surface area contributed by atoms with E-state index >= 15 is 0 Å². The number of nitrogens with two attached hydrogens (primary N) is 1. The van der Waals surface area contributed by atoms with E-state index in [9.17, 15) is 13.2 Å². The van der Waals surface area contributed by atoms with Gasteiger partial charge in [0.25, 0.3) is 0 Å². The van der Waals surface area contributed by atoms with E-state index in [2.05, 4.69) is 15.3 Å². The summed E-state index contributed by atoms with van der Waals surface area (Å²) in [5, 5.41) is 2.87. The van der Waals surface area contributed by atoms with Crippen molar-refractivity contribution in [2.75, 3.05) is 11.1 Å². The molecule has 100 valence electrons. The van der Waals surface area contributed by atoms with Gasteiger partial charge < -0.3 is 11.1 Å². The highest BCUT2D eigenvalue weighted by Crippen LogP contribution is 2.29. The average Bonchev–Trinajstić information content (AvgIpc) is 2.37. The van der Waals surface area contributed by atoms with Crippen LogP contribution in [0.3, 0.4) is 0 Å². The van der Waals surface area contributed by atoms with Crippen molar-refractivity contribution < 1.29 is 13.2 Å². The highest BCUT2D eigenvalue weighted by atomic mass is 19.4. The molecule has 2 rings (SSSR count). The van der Waals surface area contributed by atoms with Crippen LogP contribution in [0, 0.1) is 0 Å². The predicted octanol–water partition coefficient (Wildman–Crippen LogP) is 2.69. The molecular formula is C12H11F3N4. The summed E-state index contributed by atoms with van der Waals surface area (Å²) >= 11 is 0. The first-order valence-corrected chi connectivity index (χ1v) is 5.43. The maximum Gasteiger partial charge on any atom is 0.416 e. The first-order chi connectivity index (χ1) is 8.95. The van der Waals surface area contributed by atoms with Crippen LogP contribution in [0.1, 0.15) is 11.1 Å². The van der Waals surface area contributed by atoms with Crippen LogP contribution >= 0.6 is 0 Å². The fraction of sp³-hybridized carbons (Fsp3) is 0.167. The second-order valence-corrected chi connectivity index (χ2v) is 3.88. The van der Waals surface area contributed by atoms with Crippen molar-refractivity contribution in [1.82, 2.24) is 9.97 Å². The molecule has 0 saturated heterocycles. The summed E-state index contributed by atoms with van der Waals surface area (Å²) in [5.74, 6) is 0.733. The topological polar surface area (TPSA) is 63.8 Å². The van der Waals surface area contributed by atoms with Crippen molar-refractivity contribution >= 4 is 11.6 Å². The van der Waals surface area contributed by atoms with Crippen LogP contribution in [0.5, 0.6) is 0 Å². The fourth-order valence-corrected chi connectivity index (χ4v) is 1.48. The van der Waals surface area contributed by atoms with Gasteiger partial charge in [-0.15, -0.1) is 0 Å². The van der Waals surface area contributed by atoms with Crippen LogP contribution in [-0.4, -0.2) is 9.97 Å². The van der Waals surface area contributed by atoms with Gasteiger partial charge in [-0.25, -0.2) is 9.97 Å². The molecule has 3 N–H and O–H groups in total. The molecule has 0 aliphatic heterocycles. The Bertz CT molecular complexity index is 552. The molecule has 1 aromatic heterocycles. The Labute approximate surface area is 107 Å². The molecule has 1 heterocycles. The van der Waals surface area contributed by atoms with Crippen molar-refractivity contribution in [3.8, 4) is 0 Å². The molecule has 7 heteroatoms. The largest absolute Gasteiger partial charge is 0.416 e. The Kier molecular flexibility index (Phi) is 3.55. The number of rotatable bonds is 3. The fourth-order valence-electron chi connectivity index (χ4n) is 1.48. The molecule has 0 fully saturated rings. The summed E-state index contributed by atoms with van der Waals surface area (Å²) < 4.78 is 37.6. The lowest BCUT2D eigenvalue weighted by molar-refractivity contribution is -0.137. The van der Waals surface area contributed by atoms with Crippen molar-refractivity contribution in [3.05, 3.63) is 47.8 Å². The number of alkyl halides is 3. The number of nitrogens with one attached hydrogen (secondary N) is 1. The molecule has 0 spiro atoms. The number of nitrogen functional groups attached to an aromatic ring is 1. The minimum absolute atomic E-state index is 0.225. The van der Waals surface area contributed by atoms with Crippen molar-refractivity contribution in [2.45, 2.75) is 12.7 Å². The zero-order valence-corrected chi connectivity index (χ0v) is 9.78. The lowest BCUT2D eigenvalue weighted by Crippen LogP contribution is -2.07. The van der Waals surface area contributed by atoms with Crippen molar-refractivity contribution in [3.63, 3.8) is 0 Å². The third-order valence-corrected chi connectivity index (χ3v) is 2.40. The summed E-state index contributed by atoms with van der Waals surface area (Å²) in [6, 6.07) is 5.10. The molecule has 0 bridgehead atoms. The molecule has 1 aromatic carbocycles. The smallest absolute Gasteiger partial charge is 0.382 e. The number of anilines is 2. The van der Waals surface area contributed by atoms with E-state index < -0.39 is 11.7 Å². The minimum Gasteiger partial charge on any atom is -0.382 e. The highest BCUT2D eigenvalue weighted by molar-refractivity contribution is 5.37. The second kappa shape index (κ2) is 5.13. The summed E-state index contributed by atoms with van der Waals surface area (Å²) in [7, 11) is 0. The third kappa shape index (κ3) is 3.57. The molecule has 0 amide bonds. The standard InChI is InChI=1S/C12H11F3N4/c13-12(14,15)9-3-1-2-8(4-9)5-18-11-7-17-10(16)6-19-11/h1-4,6-7H,5H2,(H2,16,17)(H,18,19). The summed E-state index contributed by atoms with van der Waals surface area (Å²) in [6.45, 7) is 0.225. The maximum atomic E-state index is 12.5. The molecule has 0 atom stereocenters. The van der Waals surface area contributed by atoms with Crippen LogP contribution < -0.4 is 11.1 Å². The Balaban J connectivity index is 2.05. The van der Waals surface area contributed by atoms with Gasteiger partial charge in [-0.2, -0.15) is 13.2 Å². The lowest BCUT2D eigenvalue weighted by atomic mass is 10.1. The number of nitrogens with zero attached hydrogens (tertiary/aromatic N) is 2. The van der Waals surface area contributed by atoms with Gasteiger partial charge in [0.2, 0.25) is 0 Å². The van der Waals surface area contributed by atoms with Gasteiger partial charge in [0, 0.05) is 6.54 Å². The molecule has 0 aliphatic carbocycles. The van der Waals surface area contributed by atoms with E-state index in [1.54, 1.807) is 6.07 Å². The highest BCUT2D eigenvalue weighted by Gasteiger charge is 2.30. The van der Waals surface area contributed by atoms with Crippen LogP contribution in [0.2, 0.25) is 0 Å². The van der Waals surface area contributed by atoms with E-state index in [4.69, 9.17) is 5.73 Å². The van der Waals surface area contributed by atoms with E-state index in [0.29, 0.717) is 11.4 Å². The van der Waals surface area contributed by atoms with Crippen LogP contribution in [0.15, 0.2) is 36.7 Å². The van der Waals surface area contributed by atoms with Gasteiger partial charge >= 0.3 is 6.18 Å². The number of halogens is 3. The molecule has 0 unspecified atom stereocenters. The molecule has 2 aromatic rings. The van der Waals surface area contributed by atoms with Crippen LogP contribution in [0.4, 0.5) is 24.8 Å². The zero-order chi connectivity index (χ0) is 13.9. The summed E-state index contributed by atoms with van der Waals surface area (Å²) in [4.78, 5) is 7.76. The normalized spacial score (nSPS) is 11.3. The molecule has 0 saturated carbocycles. The lowest BCUT2D eigenvalue weighted by Gasteiger charge is -2.09. The monoisotopic (exact) mass is 268 g/mol. The minimum atomic E-state index is -4.34. The van der Waals surface area contributed by atoms with Gasteiger partial charge in [0.15, 0.2) is 0 Å². The Morgan fingerprint density at radius 2 is 1.95 bits per heavy atom. The first-order valence-electron chi connectivity index (χ1n) is 5.43. The Morgan fingerprint density at radius 3 is 2.58 bits per heavy atom. The van der Waals surface area contributed by atoms with Gasteiger partial charge in [-0.1, -0.05) is 12.1 Å². The molecule has 0 radical (unpaired) electrons. The van der Waals surface area contributed by atoms with E-state index in [1.165, 1.54) is 18.5 Å². The molecule has 19 heavy (non-hydrogen) atoms. The number of benzene rings is 1. The zero-order valence-electron chi connectivity index (χ0n) is 9.78. The summed E-state index contributed by atoms with van der Waals surface area (Å²) in [5.41, 5.74) is 5.21. The van der Waals surface area contributed by atoms with Crippen molar-refractivity contribution in [2.24, 2.45) is 0 Å². The number of hydrogen-bond acceptors (Lipinski definition) is 4. The predicted molar refractivity (Wildman–Crippen MR) is 65.2 cm³/mol. The van der Waals surface area contributed by atoms with Gasteiger partial charge in [-0.05, 0) is 17.7 Å². The Morgan fingerprint density at radius 1 is 1.16 bits per heavy atom. The SMILES string of the molecule is Nc1cnc(NCc2cccc(C(F)(F)F)c2)cn1. The molecular weight excluding hydrogens is 257 g/mol. The van der Waals surface area contributed by atoms with Crippen LogP contribution in [-0.2, 0) is 12.7 Å². The first kappa shape index (κ1) is 13.1. The second-order valence-electron chi connectivity index (χ2n) is 3.88. The van der Waals surface area contributed by atoms with Gasteiger partial charge in [0.1, 0.15) is 11.6 Å². The molecule has 4 nitrogen and oxygen atoms in total. The summed E-state index contributed by atoms with van der Waals surface area (Å²) in [6.07, 6.45) is -1.55. The van der Waals surface area contributed by atoms with E-state index in [1.807, 2.05) is 0 Å². The average molecular weight is 268 g/mol. The Hall–Kier alpha value is -2.31. The van der Waals surface area contributed by atoms with E-state index in [-0.39, 0.29) is 12.4 Å². The van der Waals surface area contributed by atoms with Crippen LogP contribution in [0.25, 0.3) is 0 Å². The number of aromatic nitrogens is 2. The quantitative estimate of drug-likeness (QED) is 0.898. The van der Waals surface area contributed by atoms with E-state index in [0.717, 1.165) is 12.1 Å². The van der Waals surface area contributed by atoms with Crippen molar-refractivity contribution in [1.29, 1.82) is 0 Å². The third-order valence-electron chi connectivity index (χ3n) is 2.40. The van der Waals surface area contributed by atoms with Gasteiger partial charge in [0.05, 0.1) is 18.0 Å². The molecule has 0 aliphatic rings. The van der Waals surface area contributed by atoms with Gasteiger partial charge in [-0.3, -0.25) is 0 Å². The number of hydrogen-bond donors (Lipinski definition) is 2. The maximum absolute atomic E-state index is 12.5.